The minimum absolute atomic E-state index is 0.268. The predicted octanol–water partition coefficient (Wildman–Crippen LogP) is 3.22. The molecule has 1 saturated heterocycles. The molecule has 2 aromatic carbocycles. The number of aromatic nitrogens is 1. The molecule has 3 aromatic rings. The first-order chi connectivity index (χ1) is 16.0. The number of amidine groups is 1. The normalized spacial score (nSPS) is 16.9. The van der Waals surface area contributed by atoms with Gasteiger partial charge in [0.05, 0.1) is 25.3 Å². The Bertz CT molecular complexity index is 1260. The Morgan fingerprint density at radius 2 is 2.15 bits per heavy atom. The highest BCUT2D eigenvalue weighted by molar-refractivity contribution is 8.15. The van der Waals surface area contributed by atoms with Crippen molar-refractivity contribution in [2.75, 3.05) is 7.11 Å². The third-order valence-corrected chi connectivity index (χ3v) is 5.84. The largest absolute Gasteiger partial charge is 0.496 e. The van der Waals surface area contributed by atoms with Gasteiger partial charge in [-0.1, -0.05) is 17.8 Å². The molecule has 2 N–H and O–H groups in total. The van der Waals surface area contributed by atoms with Crippen LogP contribution in [0, 0.1) is 0 Å². The van der Waals surface area contributed by atoms with Crippen LogP contribution in [0.5, 0.6) is 11.5 Å². The lowest BCUT2D eigenvalue weighted by atomic mass is 10.1. The Morgan fingerprint density at radius 1 is 1.27 bits per heavy atom. The molecule has 0 spiro atoms. The number of carbonyl (C=O) groups excluding carboxylic acids is 1. The summed E-state index contributed by atoms with van der Waals surface area (Å²) < 4.78 is 11.4. The molecule has 1 unspecified atom stereocenters. The van der Waals surface area contributed by atoms with E-state index in [2.05, 4.69) is 20.5 Å². The Balaban J connectivity index is 1.44. The molecular weight excluding hydrogens is 444 g/mol. The number of thioether (sulfide) groups is 1. The molecule has 0 saturated carbocycles. The molecule has 33 heavy (non-hydrogen) atoms. The molecule has 168 valence electrons. The number of methoxy groups -OCH3 is 1. The van der Waals surface area contributed by atoms with Crippen LogP contribution in [-0.2, 0) is 16.2 Å². The molecule has 1 aliphatic heterocycles. The number of nitrogens with zero attached hydrogens (tertiary/aromatic N) is 3. The number of amides is 1. The molecule has 1 aromatic heterocycles. The summed E-state index contributed by atoms with van der Waals surface area (Å²) in [7, 11) is 1.59. The molecular formula is C23H20N4O5S. The Hall–Kier alpha value is -3.92. The summed E-state index contributed by atoms with van der Waals surface area (Å²) in [4.78, 5) is 26.9. The second kappa shape index (κ2) is 10.1. The standard InChI is InChI=1S/C23H20N4O5S/c1-31-19-7-4-14(12-25-27-23-26-22(30)20(33-23)11-21(28)29)9-16(19)13-32-17-6-5-15-3-2-8-24-18(15)10-17/h2-10,12,20H,11,13H2,1H3,(H,28,29)(H,26,27,30). The van der Waals surface area contributed by atoms with E-state index in [-0.39, 0.29) is 24.1 Å². The maximum absolute atomic E-state index is 11.8. The van der Waals surface area contributed by atoms with Crippen molar-refractivity contribution >= 4 is 45.9 Å². The number of nitrogens with one attached hydrogen (secondary N) is 1. The highest BCUT2D eigenvalue weighted by Gasteiger charge is 2.32. The van der Waals surface area contributed by atoms with Gasteiger partial charge in [-0.15, -0.1) is 5.10 Å². The van der Waals surface area contributed by atoms with E-state index in [1.54, 1.807) is 13.3 Å². The van der Waals surface area contributed by atoms with Crippen LogP contribution in [0.2, 0.25) is 0 Å². The number of ether oxygens (including phenoxy) is 2. The van der Waals surface area contributed by atoms with Gasteiger partial charge in [0, 0.05) is 23.2 Å². The topological polar surface area (TPSA) is 122 Å². The van der Waals surface area contributed by atoms with Crippen LogP contribution in [0.25, 0.3) is 10.9 Å². The third kappa shape index (κ3) is 5.66. The monoisotopic (exact) mass is 464 g/mol. The fourth-order valence-electron chi connectivity index (χ4n) is 3.18. The smallest absolute Gasteiger partial charge is 0.305 e. The highest BCUT2D eigenvalue weighted by atomic mass is 32.2. The molecule has 9 nitrogen and oxygen atoms in total. The minimum Gasteiger partial charge on any atom is -0.496 e. The quantitative estimate of drug-likeness (QED) is 0.388. The van der Waals surface area contributed by atoms with Crippen molar-refractivity contribution in [3.05, 3.63) is 65.9 Å². The van der Waals surface area contributed by atoms with E-state index in [9.17, 15) is 9.59 Å². The van der Waals surface area contributed by atoms with Crippen molar-refractivity contribution in [2.24, 2.45) is 10.2 Å². The zero-order chi connectivity index (χ0) is 23.2. The molecule has 1 atom stereocenters. The summed E-state index contributed by atoms with van der Waals surface area (Å²) in [6, 6.07) is 15.1. The first-order valence-corrected chi connectivity index (χ1v) is 10.8. The van der Waals surface area contributed by atoms with Crippen molar-refractivity contribution < 1.29 is 24.2 Å². The number of carbonyl (C=O) groups is 2. The second-order valence-corrected chi connectivity index (χ2v) is 8.25. The van der Waals surface area contributed by atoms with Gasteiger partial charge in [-0.2, -0.15) is 5.10 Å². The Kier molecular flexibility index (Phi) is 6.84. The van der Waals surface area contributed by atoms with Gasteiger partial charge in [0.2, 0.25) is 5.91 Å². The lowest BCUT2D eigenvalue weighted by Gasteiger charge is -2.11. The molecule has 1 aliphatic rings. The third-order valence-electron chi connectivity index (χ3n) is 4.77. The van der Waals surface area contributed by atoms with Crippen LogP contribution >= 0.6 is 11.8 Å². The van der Waals surface area contributed by atoms with Gasteiger partial charge in [-0.05, 0) is 42.0 Å². The van der Waals surface area contributed by atoms with Gasteiger partial charge in [0.1, 0.15) is 23.4 Å². The zero-order valence-corrected chi connectivity index (χ0v) is 18.4. The number of pyridine rings is 1. The van der Waals surface area contributed by atoms with Crippen LogP contribution in [0.3, 0.4) is 0 Å². The van der Waals surface area contributed by atoms with Crippen molar-refractivity contribution in [3.63, 3.8) is 0 Å². The number of benzene rings is 2. The Morgan fingerprint density at radius 3 is 2.97 bits per heavy atom. The van der Waals surface area contributed by atoms with Crippen LogP contribution < -0.4 is 14.8 Å². The fourth-order valence-corrected chi connectivity index (χ4v) is 4.10. The van der Waals surface area contributed by atoms with E-state index in [0.717, 1.165) is 33.8 Å². The van der Waals surface area contributed by atoms with Gasteiger partial charge in [-0.25, -0.2) is 0 Å². The fraction of sp³-hybridized carbons (Fsp3) is 0.174. The average Bonchev–Trinajstić information content (AvgIpc) is 3.15. The number of hydrogen-bond donors (Lipinski definition) is 2. The van der Waals surface area contributed by atoms with E-state index in [0.29, 0.717) is 11.5 Å². The molecule has 10 heteroatoms. The maximum Gasteiger partial charge on any atom is 0.305 e. The van der Waals surface area contributed by atoms with Gasteiger partial charge in [0.15, 0.2) is 5.17 Å². The highest BCUT2D eigenvalue weighted by Crippen LogP contribution is 2.24. The maximum atomic E-state index is 11.8. The first-order valence-electron chi connectivity index (χ1n) is 9.96. The molecule has 2 heterocycles. The van der Waals surface area contributed by atoms with Gasteiger partial charge in [0.25, 0.3) is 0 Å². The van der Waals surface area contributed by atoms with Crippen LogP contribution in [0.4, 0.5) is 0 Å². The van der Waals surface area contributed by atoms with E-state index in [4.69, 9.17) is 14.6 Å². The summed E-state index contributed by atoms with van der Waals surface area (Å²) in [5, 5.41) is 20.0. The van der Waals surface area contributed by atoms with Crippen LogP contribution in [0.1, 0.15) is 17.5 Å². The van der Waals surface area contributed by atoms with Crippen LogP contribution in [0.15, 0.2) is 64.9 Å². The molecule has 4 rings (SSSR count). The Labute approximate surface area is 193 Å². The van der Waals surface area contributed by atoms with Gasteiger partial charge < -0.3 is 19.9 Å². The number of rotatable bonds is 8. The number of carboxylic acid groups (broad SMARTS) is 1. The van der Waals surface area contributed by atoms with Crippen molar-refractivity contribution in [1.82, 2.24) is 10.3 Å². The lowest BCUT2D eigenvalue weighted by Crippen LogP contribution is -2.26. The zero-order valence-electron chi connectivity index (χ0n) is 17.6. The minimum atomic E-state index is -1.04. The van der Waals surface area contributed by atoms with Gasteiger partial charge in [-0.3, -0.25) is 14.6 Å². The van der Waals surface area contributed by atoms with Crippen molar-refractivity contribution in [2.45, 2.75) is 18.3 Å². The number of carboxylic acids is 1. The summed E-state index contributed by atoms with van der Waals surface area (Å²) >= 11 is 1.05. The molecule has 0 aliphatic carbocycles. The predicted molar refractivity (Wildman–Crippen MR) is 126 cm³/mol. The summed E-state index contributed by atoms with van der Waals surface area (Å²) in [6.45, 7) is 0.278. The van der Waals surface area contributed by atoms with E-state index in [1.807, 2.05) is 48.5 Å². The number of hydrogen-bond acceptors (Lipinski definition) is 8. The summed E-state index contributed by atoms with van der Waals surface area (Å²) in [6.07, 6.45) is 3.00. The molecule has 0 radical (unpaired) electrons. The van der Waals surface area contributed by atoms with Gasteiger partial charge >= 0.3 is 5.97 Å². The van der Waals surface area contributed by atoms with E-state index < -0.39 is 11.2 Å². The van der Waals surface area contributed by atoms with E-state index in [1.165, 1.54) is 6.21 Å². The average molecular weight is 465 g/mol. The first kappa shape index (κ1) is 22.3. The van der Waals surface area contributed by atoms with Crippen molar-refractivity contribution in [3.8, 4) is 11.5 Å². The SMILES string of the molecule is COc1ccc(C=NN=C2NC(=O)C(CC(=O)O)S2)cc1COc1ccc2cccnc2c1. The molecule has 0 bridgehead atoms. The molecule has 1 fully saturated rings. The second-order valence-electron chi connectivity index (χ2n) is 7.06. The van der Waals surface area contributed by atoms with E-state index >= 15 is 0 Å². The molecule has 1 amide bonds. The lowest BCUT2D eigenvalue weighted by molar-refractivity contribution is -0.138. The van der Waals surface area contributed by atoms with Crippen molar-refractivity contribution in [1.29, 1.82) is 0 Å². The summed E-state index contributed by atoms with van der Waals surface area (Å²) in [5.74, 6) is -0.0596. The summed E-state index contributed by atoms with van der Waals surface area (Å²) in [5.41, 5.74) is 2.43. The number of fused-ring (bicyclic) bond motifs is 1. The van der Waals surface area contributed by atoms with Crippen LogP contribution in [-0.4, -0.2) is 45.7 Å². The number of aliphatic carboxylic acids is 1.